The molecule has 0 aromatic rings. The second-order valence-corrected chi connectivity index (χ2v) is 4.14. The SMILES string of the molecule is CCOC(=O)CC1CCCCC(C=O)C1=O. The molecule has 0 aliphatic heterocycles. The molecule has 0 aromatic carbocycles. The second kappa shape index (κ2) is 6.40. The molecule has 90 valence electrons. The van der Waals surface area contributed by atoms with Crippen LogP contribution in [0.1, 0.15) is 39.0 Å². The van der Waals surface area contributed by atoms with Crippen molar-refractivity contribution in [3.05, 3.63) is 0 Å². The van der Waals surface area contributed by atoms with Crippen molar-refractivity contribution >= 4 is 18.0 Å². The van der Waals surface area contributed by atoms with E-state index >= 15 is 0 Å². The van der Waals surface area contributed by atoms with Crippen LogP contribution in [0.25, 0.3) is 0 Å². The van der Waals surface area contributed by atoms with Crippen LogP contribution >= 0.6 is 0 Å². The summed E-state index contributed by atoms with van der Waals surface area (Å²) in [5.74, 6) is -1.26. The lowest BCUT2D eigenvalue weighted by molar-refractivity contribution is -0.147. The number of hydrogen-bond donors (Lipinski definition) is 0. The van der Waals surface area contributed by atoms with Gasteiger partial charge in [-0.3, -0.25) is 9.59 Å². The molecule has 0 bridgehead atoms. The maximum atomic E-state index is 11.9. The highest BCUT2D eigenvalue weighted by Gasteiger charge is 2.30. The number of hydrogen-bond acceptors (Lipinski definition) is 4. The summed E-state index contributed by atoms with van der Waals surface area (Å²) in [5.41, 5.74) is 0. The van der Waals surface area contributed by atoms with Crippen LogP contribution in [0.3, 0.4) is 0 Å². The lowest BCUT2D eigenvalue weighted by atomic mass is 9.90. The molecule has 2 unspecified atom stereocenters. The van der Waals surface area contributed by atoms with Gasteiger partial charge < -0.3 is 9.53 Å². The fourth-order valence-corrected chi connectivity index (χ4v) is 2.10. The Balaban J connectivity index is 2.59. The smallest absolute Gasteiger partial charge is 0.306 e. The fourth-order valence-electron chi connectivity index (χ4n) is 2.10. The summed E-state index contributed by atoms with van der Waals surface area (Å²) in [6, 6.07) is 0. The van der Waals surface area contributed by atoms with Crippen LogP contribution in [-0.2, 0) is 19.1 Å². The Bertz CT molecular complexity index is 272. The predicted molar refractivity (Wildman–Crippen MR) is 57.8 cm³/mol. The average molecular weight is 226 g/mol. The van der Waals surface area contributed by atoms with E-state index in [4.69, 9.17) is 4.74 Å². The predicted octanol–water partition coefficient (Wildman–Crippen LogP) is 1.51. The summed E-state index contributed by atoms with van der Waals surface area (Å²) in [5, 5.41) is 0. The molecule has 0 amide bonds. The van der Waals surface area contributed by atoms with Crippen LogP contribution in [0.4, 0.5) is 0 Å². The molecule has 0 N–H and O–H groups in total. The van der Waals surface area contributed by atoms with Crippen molar-refractivity contribution in [2.45, 2.75) is 39.0 Å². The molecular weight excluding hydrogens is 208 g/mol. The summed E-state index contributed by atoms with van der Waals surface area (Å²) in [4.78, 5) is 33.9. The molecule has 0 aromatic heterocycles. The Morgan fingerprint density at radius 1 is 1.44 bits per heavy atom. The fraction of sp³-hybridized carbons (Fsp3) is 0.750. The molecule has 2 atom stereocenters. The molecule has 1 saturated carbocycles. The number of ketones is 1. The van der Waals surface area contributed by atoms with E-state index in [9.17, 15) is 14.4 Å². The van der Waals surface area contributed by atoms with Gasteiger partial charge in [0.2, 0.25) is 0 Å². The second-order valence-electron chi connectivity index (χ2n) is 4.14. The molecule has 4 nitrogen and oxygen atoms in total. The zero-order valence-electron chi connectivity index (χ0n) is 9.61. The zero-order chi connectivity index (χ0) is 12.0. The average Bonchev–Trinajstić information content (AvgIpc) is 2.42. The topological polar surface area (TPSA) is 60.4 Å². The molecule has 0 saturated heterocycles. The first-order valence-electron chi connectivity index (χ1n) is 5.83. The van der Waals surface area contributed by atoms with Crippen molar-refractivity contribution in [3.63, 3.8) is 0 Å². The molecule has 4 heteroatoms. The minimum absolute atomic E-state index is 0.0828. The number of esters is 1. The third kappa shape index (κ3) is 3.43. The van der Waals surface area contributed by atoms with Gasteiger partial charge in [-0.1, -0.05) is 12.8 Å². The molecule has 16 heavy (non-hydrogen) atoms. The van der Waals surface area contributed by atoms with Gasteiger partial charge in [0.05, 0.1) is 18.9 Å². The molecule has 1 fully saturated rings. The number of carbonyl (C=O) groups is 3. The van der Waals surface area contributed by atoms with Gasteiger partial charge in [0, 0.05) is 5.92 Å². The van der Waals surface area contributed by atoms with Crippen LogP contribution in [0.2, 0.25) is 0 Å². The van der Waals surface area contributed by atoms with Gasteiger partial charge in [0.1, 0.15) is 12.1 Å². The quantitative estimate of drug-likeness (QED) is 0.315. The van der Waals surface area contributed by atoms with E-state index in [0.29, 0.717) is 25.7 Å². The van der Waals surface area contributed by atoms with Crippen LogP contribution < -0.4 is 0 Å². The van der Waals surface area contributed by atoms with Crippen molar-refractivity contribution in [1.29, 1.82) is 0 Å². The molecule has 1 rings (SSSR count). The van der Waals surface area contributed by atoms with Crippen LogP contribution in [0.15, 0.2) is 0 Å². The number of Topliss-reactive ketones (excluding diaryl/α,β-unsaturated/α-hetero) is 1. The van der Waals surface area contributed by atoms with Crippen molar-refractivity contribution in [1.82, 2.24) is 0 Å². The highest BCUT2D eigenvalue weighted by Crippen LogP contribution is 2.26. The molecule has 1 aliphatic rings. The van der Waals surface area contributed by atoms with Crippen molar-refractivity contribution < 1.29 is 19.1 Å². The van der Waals surface area contributed by atoms with Gasteiger partial charge in [-0.2, -0.15) is 0 Å². The Labute approximate surface area is 95.3 Å². The molecule has 0 heterocycles. The normalized spacial score (nSPS) is 25.9. The maximum absolute atomic E-state index is 11.9. The number of carbonyl (C=O) groups excluding carboxylic acids is 3. The van der Waals surface area contributed by atoms with E-state index in [1.165, 1.54) is 0 Å². The number of aldehydes is 1. The maximum Gasteiger partial charge on any atom is 0.306 e. The summed E-state index contributed by atoms with van der Waals surface area (Å²) >= 11 is 0. The zero-order valence-corrected chi connectivity index (χ0v) is 9.61. The lowest BCUT2D eigenvalue weighted by Gasteiger charge is -2.14. The van der Waals surface area contributed by atoms with Crippen molar-refractivity contribution in [3.8, 4) is 0 Å². The van der Waals surface area contributed by atoms with Crippen molar-refractivity contribution in [2.24, 2.45) is 11.8 Å². The summed E-state index contributed by atoms with van der Waals surface area (Å²) in [6.07, 6.45) is 3.95. The van der Waals surface area contributed by atoms with E-state index in [1.54, 1.807) is 6.92 Å². The van der Waals surface area contributed by atoms with Gasteiger partial charge >= 0.3 is 5.97 Å². The molecule has 0 radical (unpaired) electrons. The first kappa shape index (κ1) is 12.9. The first-order valence-corrected chi connectivity index (χ1v) is 5.83. The largest absolute Gasteiger partial charge is 0.466 e. The Hall–Kier alpha value is -1.19. The minimum Gasteiger partial charge on any atom is -0.466 e. The van der Waals surface area contributed by atoms with E-state index < -0.39 is 5.92 Å². The van der Waals surface area contributed by atoms with E-state index in [0.717, 1.165) is 12.8 Å². The van der Waals surface area contributed by atoms with E-state index in [-0.39, 0.29) is 24.1 Å². The van der Waals surface area contributed by atoms with Crippen LogP contribution in [-0.4, -0.2) is 24.6 Å². The number of ether oxygens (including phenoxy) is 1. The Morgan fingerprint density at radius 2 is 2.12 bits per heavy atom. The molecular formula is C12H18O4. The van der Waals surface area contributed by atoms with Gasteiger partial charge in [-0.25, -0.2) is 0 Å². The molecule has 1 aliphatic carbocycles. The van der Waals surface area contributed by atoms with Crippen LogP contribution in [0.5, 0.6) is 0 Å². The van der Waals surface area contributed by atoms with Gasteiger partial charge in [-0.05, 0) is 19.8 Å². The first-order chi connectivity index (χ1) is 7.69. The summed E-state index contributed by atoms with van der Waals surface area (Å²) < 4.78 is 4.82. The van der Waals surface area contributed by atoms with E-state index in [1.807, 2.05) is 0 Å². The van der Waals surface area contributed by atoms with Gasteiger partial charge in [-0.15, -0.1) is 0 Å². The standard InChI is InChI=1S/C12H18O4/c1-2-16-11(14)7-9-5-3-4-6-10(8-13)12(9)15/h8-10H,2-7H2,1H3. The number of rotatable bonds is 4. The van der Waals surface area contributed by atoms with Crippen molar-refractivity contribution in [2.75, 3.05) is 6.61 Å². The molecule has 0 spiro atoms. The van der Waals surface area contributed by atoms with Gasteiger partial charge in [0.25, 0.3) is 0 Å². The summed E-state index contributed by atoms with van der Waals surface area (Å²) in [6.45, 7) is 2.07. The van der Waals surface area contributed by atoms with Gasteiger partial charge in [0.15, 0.2) is 0 Å². The highest BCUT2D eigenvalue weighted by molar-refractivity contribution is 5.96. The third-order valence-electron chi connectivity index (χ3n) is 2.97. The monoisotopic (exact) mass is 226 g/mol. The lowest BCUT2D eigenvalue weighted by Crippen LogP contribution is -2.25. The Kier molecular flexibility index (Phi) is 5.15. The Morgan fingerprint density at radius 3 is 2.75 bits per heavy atom. The van der Waals surface area contributed by atoms with E-state index in [2.05, 4.69) is 0 Å². The third-order valence-corrected chi connectivity index (χ3v) is 2.97. The highest BCUT2D eigenvalue weighted by atomic mass is 16.5. The minimum atomic E-state index is -0.512. The summed E-state index contributed by atoms with van der Waals surface area (Å²) in [7, 11) is 0. The van der Waals surface area contributed by atoms with Crippen LogP contribution in [0, 0.1) is 11.8 Å².